The molecular weight excluding hydrogens is 328 g/mol. The Bertz CT molecular complexity index is 679. The summed E-state index contributed by atoms with van der Waals surface area (Å²) < 4.78 is 2.24. The summed E-state index contributed by atoms with van der Waals surface area (Å²) in [4.78, 5) is 4.19. The zero-order valence-electron chi connectivity index (χ0n) is 15.4. The van der Waals surface area contributed by atoms with Crippen LogP contribution in [0.4, 0.5) is 0 Å². The van der Waals surface area contributed by atoms with Crippen molar-refractivity contribution in [3.63, 3.8) is 0 Å². The molecule has 0 aliphatic heterocycles. The highest BCUT2D eigenvalue weighted by Gasteiger charge is 2.42. The van der Waals surface area contributed by atoms with Crippen molar-refractivity contribution in [1.29, 1.82) is 0 Å². The van der Waals surface area contributed by atoms with Gasteiger partial charge in [-0.05, 0) is 73.0 Å². The minimum absolute atomic E-state index is 0. The lowest BCUT2D eigenvalue weighted by Crippen LogP contribution is -2.39. The number of nitrogens with zero attached hydrogens (tertiary/aromatic N) is 2. The van der Waals surface area contributed by atoms with Crippen molar-refractivity contribution in [3.05, 3.63) is 53.6 Å². The molecule has 2 atom stereocenters. The minimum atomic E-state index is 0. The number of benzene rings is 1. The Kier molecular flexibility index (Phi) is 5.89. The molecule has 3 heteroatoms. The Morgan fingerprint density at radius 1 is 1.28 bits per heavy atom. The maximum Gasteiger partial charge on any atom is 0.0945 e. The lowest BCUT2D eigenvalue weighted by atomic mass is 9.58. The van der Waals surface area contributed by atoms with E-state index in [4.69, 9.17) is 0 Å². The molecule has 1 heterocycles. The number of unbranched alkanes of at least 4 members (excludes halogenated alkanes) is 1. The molecule has 0 spiro atoms. The lowest BCUT2D eigenvalue weighted by molar-refractivity contribution is 0.218. The molecule has 0 radical (unpaired) electrons. The van der Waals surface area contributed by atoms with Gasteiger partial charge < -0.3 is 4.57 Å². The van der Waals surface area contributed by atoms with Gasteiger partial charge >= 0.3 is 0 Å². The molecule has 2 unspecified atom stereocenters. The largest absolute Gasteiger partial charge is 0.337 e. The molecule has 0 amide bonds. The standard InChI is InChI=1S/C22H30N2.ClH/c1-2-3-10-22-11-5-8-19-6-4-7-20(21(19)22)15-18(16-22)9-13-24-14-12-23-17-24;/h4,6-7,12,14,17-18H,2-3,5,8-11,13,15-16H2,1H3;1H. The number of aryl methyl sites for hydroxylation is 2. The van der Waals surface area contributed by atoms with E-state index in [0.29, 0.717) is 5.41 Å². The highest BCUT2D eigenvalue weighted by atomic mass is 35.5. The molecule has 2 nitrogen and oxygen atoms in total. The van der Waals surface area contributed by atoms with Crippen LogP contribution in [0.1, 0.15) is 68.6 Å². The van der Waals surface area contributed by atoms with Crippen molar-refractivity contribution in [2.75, 3.05) is 0 Å². The van der Waals surface area contributed by atoms with Crippen LogP contribution in [0, 0.1) is 5.92 Å². The van der Waals surface area contributed by atoms with Gasteiger partial charge in [-0.2, -0.15) is 0 Å². The first-order valence-electron chi connectivity index (χ1n) is 9.88. The number of hydrogen-bond donors (Lipinski definition) is 0. The van der Waals surface area contributed by atoms with Gasteiger partial charge in [0.2, 0.25) is 0 Å². The molecule has 136 valence electrons. The molecule has 2 aliphatic carbocycles. The molecule has 0 bridgehead atoms. The summed E-state index contributed by atoms with van der Waals surface area (Å²) in [5, 5.41) is 0. The van der Waals surface area contributed by atoms with Crippen LogP contribution in [0.3, 0.4) is 0 Å². The highest BCUT2D eigenvalue weighted by Crippen LogP contribution is 2.51. The van der Waals surface area contributed by atoms with Gasteiger partial charge in [-0.3, -0.25) is 0 Å². The number of rotatable bonds is 6. The first kappa shape index (κ1) is 18.5. The van der Waals surface area contributed by atoms with E-state index in [9.17, 15) is 0 Å². The van der Waals surface area contributed by atoms with E-state index in [0.717, 1.165) is 12.5 Å². The van der Waals surface area contributed by atoms with Crippen LogP contribution < -0.4 is 0 Å². The predicted molar refractivity (Wildman–Crippen MR) is 106 cm³/mol. The Balaban J connectivity index is 0.00000182. The summed E-state index contributed by atoms with van der Waals surface area (Å²) in [5.74, 6) is 0.824. The van der Waals surface area contributed by atoms with Gasteiger partial charge in [0.25, 0.3) is 0 Å². The summed E-state index contributed by atoms with van der Waals surface area (Å²) in [6.07, 6.45) is 18.1. The van der Waals surface area contributed by atoms with Crippen molar-refractivity contribution in [3.8, 4) is 0 Å². The van der Waals surface area contributed by atoms with Crippen molar-refractivity contribution in [2.45, 2.75) is 76.7 Å². The number of aromatic nitrogens is 2. The van der Waals surface area contributed by atoms with Crippen molar-refractivity contribution < 1.29 is 0 Å². The molecule has 25 heavy (non-hydrogen) atoms. The molecule has 0 saturated carbocycles. The topological polar surface area (TPSA) is 17.8 Å². The van der Waals surface area contributed by atoms with Crippen LogP contribution in [0.25, 0.3) is 0 Å². The van der Waals surface area contributed by atoms with Crippen LogP contribution in [-0.2, 0) is 24.8 Å². The lowest BCUT2D eigenvalue weighted by Gasteiger charge is -2.47. The van der Waals surface area contributed by atoms with Gasteiger partial charge in [0, 0.05) is 18.9 Å². The molecule has 2 aromatic rings. The van der Waals surface area contributed by atoms with Crippen molar-refractivity contribution in [1.82, 2.24) is 9.55 Å². The summed E-state index contributed by atoms with van der Waals surface area (Å²) in [6.45, 7) is 3.45. The summed E-state index contributed by atoms with van der Waals surface area (Å²) in [5.41, 5.74) is 5.61. The Labute approximate surface area is 158 Å². The number of halogens is 1. The van der Waals surface area contributed by atoms with Gasteiger partial charge in [-0.25, -0.2) is 4.98 Å². The van der Waals surface area contributed by atoms with E-state index in [1.54, 1.807) is 16.7 Å². The second kappa shape index (κ2) is 7.95. The highest BCUT2D eigenvalue weighted by molar-refractivity contribution is 5.85. The third-order valence-corrected chi connectivity index (χ3v) is 6.42. The fourth-order valence-corrected chi connectivity index (χ4v) is 5.42. The molecule has 4 rings (SSSR count). The zero-order valence-corrected chi connectivity index (χ0v) is 16.2. The normalized spacial score (nSPS) is 24.4. The second-order valence-corrected chi connectivity index (χ2v) is 8.05. The van der Waals surface area contributed by atoms with Gasteiger partial charge in [-0.1, -0.05) is 38.0 Å². The van der Waals surface area contributed by atoms with E-state index in [-0.39, 0.29) is 12.4 Å². The summed E-state index contributed by atoms with van der Waals surface area (Å²) in [7, 11) is 0. The first-order valence-corrected chi connectivity index (χ1v) is 9.88. The second-order valence-electron chi connectivity index (χ2n) is 8.05. The fourth-order valence-electron chi connectivity index (χ4n) is 5.42. The molecule has 2 aliphatic rings. The van der Waals surface area contributed by atoms with E-state index < -0.39 is 0 Å². The van der Waals surface area contributed by atoms with Crippen LogP contribution in [0.2, 0.25) is 0 Å². The fraction of sp³-hybridized carbons (Fsp3) is 0.591. The Hall–Kier alpha value is -1.28. The zero-order chi connectivity index (χ0) is 16.4. The molecule has 0 saturated heterocycles. The number of imidazole rings is 1. The Morgan fingerprint density at radius 2 is 2.16 bits per heavy atom. The van der Waals surface area contributed by atoms with Gasteiger partial charge in [0.05, 0.1) is 6.33 Å². The molecular formula is C22H31ClN2. The average Bonchev–Trinajstić information content (AvgIpc) is 3.12. The monoisotopic (exact) mass is 358 g/mol. The van der Waals surface area contributed by atoms with E-state index in [1.807, 2.05) is 12.5 Å². The van der Waals surface area contributed by atoms with Crippen LogP contribution in [0.15, 0.2) is 36.9 Å². The third-order valence-electron chi connectivity index (χ3n) is 6.42. The first-order chi connectivity index (χ1) is 11.8. The average molecular weight is 359 g/mol. The van der Waals surface area contributed by atoms with Crippen LogP contribution >= 0.6 is 12.4 Å². The Morgan fingerprint density at radius 3 is 2.96 bits per heavy atom. The molecule has 1 aromatic heterocycles. The minimum Gasteiger partial charge on any atom is -0.337 e. The molecule has 0 fully saturated rings. The van der Waals surface area contributed by atoms with Crippen molar-refractivity contribution in [2.24, 2.45) is 5.92 Å². The smallest absolute Gasteiger partial charge is 0.0945 e. The van der Waals surface area contributed by atoms with Gasteiger partial charge in [-0.15, -0.1) is 12.4 Å². The van der Waals surface area contributed by atoms with E-state index in [2.05, 4.69) is 40.9 Å². The van der Waals surface area contributed by atoms with E-state index >= 15 is 0 Å². The maximum absolute atomic E-state index is 4.19. The van der Waals surface area contributed by atoms with Gasteiger partial charge in [0.1, 0.15) is 0 Å². The quantitative estimate of drug-likeness (QED) is 0.645. The maximum atomic E-state index is 4.19. The van der Waals surface area contributed by atoms with Crippen molar-refractivity contribution >= 4 is 12.4 Å². The third kappa shape index (κ3) is 3.65. The van der Waals surface area contributed by atoms with E-state index in [1.165, 1.54) is 57.8 Å². The van der Waals surface area contributed by atoms with Crippen LogP contribution in [-0.4, -0.2) is 9.55 Å². The molecule has 0 N–H and O–H groups in total. The molecule has 1 aromatic carbocycles. The SMILES string of the molecule is CCCCC12CCCc3cccc(c31)CC(CCn1ccnc1)C2.Cl. The van der Waals surface area contributed by atoms with Gasteiger partial charge in [0.15, 0.2) is 0 Å². The number of hydrogen-bond acceptors (Lipinski definition) is 1. The predicted octanol–water partition coefficient (Wildman–Crippen LogP) is 5.72. The van der Waals surface area contributed by atoms with Crippen LogP contribution in [0.5, 0.6) is 0 Å². The summed E-state index contributed by atoms with van der Waals surface area (Å²) in [6, 6.07) is 7.14. The summed E-state index contributed by atoms with van der Waals surface area (Å²) >= 11 is 0.